The second-order valence-corrected chi connectivity index (χ2v) is 0. The molecule has 0 rings (SSSR count). The van der Waals surface area contributed by atoms with Crippen LogP contribution in [0.3, 0.4) is 0 Å². The van der Waals surface area contributed by atoms with E-state index in [-0.39, 0.29) is 82.0 Å². The van der Waals surface area contributed by atoms with Crippen LogP contribution in [0.4, 0.5) is 0 Å². The minimum Gasteiger partial charge on any atom is -1.00 e. The molecule has 0 N–H and O–H groups in total. The van der Waals surface area contributed by atoms with Crippen LogP contribution >= 0.6 is 24.8 Å². The molecule has 0 saturated heterocycles. The van der Waals surface area contributed by atoms with Crippen LogP contribution in [0.15, 0.2) is 0 Å². The van der Waals surface area contributed by atoms with Crippen LogP contribution < -0.4 is 29.6 Å². The normalized spacial score (nSPS) is 0. The summed E-state index contributed by atoms with van der Waals surface area (Å²) in [5.74, 6) is 0. The van der Waals surface area contributed by atoms with Gasteiger partial charge in [0, 0.05) is 26.2 Å². The van der Waals surface area contributed by atoms with Crippen LogP contribution in [-0.4, -0.2) is 0 Å². The van der Waals surface area contributed by atoms with Gasteiger partial charge >= 0.3 is 29.6 Å². The van der Waals surface area contributed by atoms with E-state index >= 15 is 0 Å². The van der Waals surface area contributed by atoms with Gasteiger partial charge in [0.25, 0.3) is 0 Å². The summed E-state index contributed by atoms with van der Waals surface area (Å²) in [6.07, 6.45) is 0. The van der Waals surface area contributed by atoms with Crippen molar-refractivity contribution in [3.05, 3.63) is 0 Å². The fraction of sp³-hybridized carbons (Fsp3) is 0. The average Bonchev–Trinajstić information content (AvgIpc) is 0. The largest absolute Gasteiger partial charge is 1.00 e. The maximum atomic E-state index is 0. The summed E-state index contributed by atoms with van der Waals surface area (Å²) in [5.41, 5.74) is 0. The zero-order chi connectivity index (χ0) is 0. The smallest absolute Gasteiger partial charge is 1.00 e. The Hall–Kier alpha value is 2.46. The van der Waals surface area contributed by atoms with E-state index in [9.17, 15) is 0 Å². The summed E-state index contributed by atoms with van der Waals surface area (Å²) in [6.45, 7) is 0. The molecular weight excluding hydrogens is 185 g/mol. The molecule has 0 atom stereocenters. The molecule has 4 heteroatoms. The molecule has 0 aromatic carbocycles. The molecule has 0 nitrogen and oxygen atoms in total. The molecule has 0 aliphatic heterocycles. The van der Waals surface area contributed by atoms with Gasteiger partial charge in [-0.15, -0.1) is 24.8 Å². The first kappa shape index (κ1) is 31.8. The maximum Gasteiger partial charge on any atom is 1.00 e. The predicted molar refractivity (Wildman–Crippen MR) is 15.6 cm³/mol. The quantitative estimate of drug-likeness (QED) is 0.384. The molecule has 0 unspecified atom stereocenters. The van der Waals surface area contributed by atoms with E-state index in [2.05, 4.69) is 0 Å². The van der Waals surface area contributed by atoms with Gasteiger partial charge in [0.15, 0.2) is 0 Å². The molecule has 0 aliphatic rings. The summed E-state index contributed by atoms with van der Waals surface area (Å²) >= 11 is 0. The molecule has 0 heterocycles. The Balaban J connectivity index is 0. The summed E-state index contributed by atoms with van der Waals surface area (Å²) in [7, 11) is 0. The molecule has 0 aliphatic carbocycles. The second kappa shape index (κ2) is 17.9. The Labute approximate surface area is 80.8 Å². The Kier molecular flexibility index (Phi) is 143. The van der Waals surface area contributed by atoms with Crippen molar-refractivity contribution in [1.82, 2.24) is 0 Å². The number of hydrogen-bond donors (Lipinski definition) is 0. The first-order valence-corrected chi connectivity index (χ1v) is 0. The van der Waals surface area contributed by atoms with Gasteiger partial charge in [-0.05, 0) is 0 Å². The van der Waals surface area contributed by atoms with Crippen molar-refractivity contribution in [2.75, 3.05) is 0 Å². The number of hydrogen-bond acceptors (Lipinski definition) is 0. The monoisotopic (exact) mass is 186 g/mol. The molecule has 0 spiro atoms. The molecule has 0 saturated carbocycles. The van der Waals surface area contributed by atoms with E-state index in [0.29, 0.717) is 0 Å². The van der Waals surface area contributed by atoms with Crippen LogP contribution in [0.2, 0.25) is 0 Å². The standard InChI is InChI=1S/2ClH.Na.Zr.H/h2*1H;;;/q;;+1;;-1. The third kappa shape index (κ3) is 8.82. The Morgan fingerprint density at radius 3 is 1.00 bits per heavy atom. The summed E-state index contributed by atoms with van der Waals surface area (Å²) in [5, 5.41) is 0. The van der Waals surface area contributed by atoms with Gasteiger partial charge in [0.1, 0.15) is 0 Å². The SMILES string of the molecule is Cl.Cl.[H-].[Na+].[Zr]. The van der Waals surface area contributed by atoms with Gasteiger partial charge in [-0.2, -0.15) is 0 Å². The topological polar surface area (TPSA) is 0 Å². The van der Waals surface area contributed by atoms with E-state index in [1.54, 1.807) is 0 Å². The number of rotatable bonds is 0. The number of halogens is 2. The fourth-order valence-corrected chi connectivity index (χ4v) is 0. The summed E-state index contributed by atoms with van der Waals surface area (Å²) in [6, 6.07) is 0. The first-order valence-electron chi connectivity index (χ1n) is 0. The van der Waals surface area contributed by atoms with Crippen molar-refractivity contribution >= 4 is 24.8 Å². The molecule has 0 aromatic heterocycles. The minimum absolute atomic E-state index is 0. The van der Waals surface area contributed by atoms with Gasteiger partial charge in [-0.1, -0.05) is 0 Å². The van der Waals surface area contributed by atoms with Crippen LogP contribution in [0.5, 0.6) is 0 Å². The summed E-state index contributed by atoms with van der Waals surface area (Å²) < 4.78 is 0. The molecule has 22 valence electrons. The van der Waals surface area contributed by atoms with Crippen molar-refractivity contribution in [3.8, 4) is 0 Å². The van der Waals surface area contributed by atoms with Gasteiger partial charge in [0.05, 0.1) is 0 Å². The first-order chi connectivity index (χ1) is 0. The average molecular weight is 188 g/mol. The van der Waals surface area contributed by atoms with Gasteiger partial charge < -0.3 is 1.43 Å². The molecule has 0 amide bonds. The van der Waals surface area contributed by atoms with Crippen molar-refractivity contribution in [1.29, 1.82) is 0 Å². The maximum absolute atomic E-state index is 0. The van der Waals surface area contributed by atoms with Crippen molar-refractivity contribution < 1.29 is 57.2 Å². The van der Waals surface area contributed by atoms with Gasteiger partial charge in [-0.3, -0.25) is 0 Å². The molecular formula is H3Cl2NaZr. The zero-order valence-electron chi connectivity index (χ0n) is 3.32. The Bertz CT molecular complexity index is 9.61. The van der Waals surface area contributed by atoms with E-state index in [1.807, 2.05) is 0 Å². The second-order valence-electron chi connectivity index (χ2n) is 0. The Morgan fingerprint density at radius 2 is 1.00 bits per heavy atom. The molecule has 0 bridgehead atoms. The van der Waals surface area contributed by atoms with Gasteiger partial charge in [0.2, 0.25) is 0 Å². The van der Waals surface area contributed by atoms with Crippen LogP contribution in [0.25, 0.3) is 0 Å². The fourth-order valence-electron chi connectivity index (χ4n) is 0. The van der Waals surface area contributed by atoms with Crippen LogP contribution in [0.1, 0.15) is 1.43 Å². The van der Waals surface area contributed by atoms with Crippen LogP contribution in [-0.2, 0) is 26.2 Å². The minimum atomic E-state index is 0. The van der Waals surface area contributed by atoms with E-state index in [0.717, 1.165) is 0 Å². The van der Waals surface area contributed by atoms with Crippen molar-refractivity contribution in [2.45, 2.75) is 0 Å². The predicted octanol–water partition coefficient (Wildman–Crippen LogP) is -2.04. The molecule has 4 heavy (non-hydrogen) atoms. The molecule has 0 radical (unpaired) electrons. The van der Waals surface area contributed by atoms with E-state index < -0.39 is 0 Å². The van der Waals surface area contributed by atoms with Crippen LogP contribution in [0, 0.1) is 0 Å². The van der Waals surface area contributed by atoms with E-state index in [4.69, 9.17) is 0 Å². The zero-order valence-corrected chi connectivity index (χ0v) is 8.41. The third-order valence-electron chi connectivity index (χ3n) is 0. The molecule has 0 fully saturated rings. The Morgan fingerprint density at radius 1 is 1.00 bits per heavy atom. The third-order valence-corrected chi connectivity index (χ3v) is 0. The van der Waals surface area contributed by atoms with E-state index in [1.165, 1.54) is 0 Å². The van der Waals surface area contributed by atoms with Crippen molar-refractivity contribution in [3.63, 3.8) is 0 Å². The van der Waals surface area contributed by atoms with Crippen molar-refractivity contribution in [2.24, 2.45) is 0 Å². The van der Waals surface area contributed by atoms with Gasteiger partial charge in [-0.25, -0.2) is 0 Å². The summed E-state index contributed by atoms with van der Waals surface area (Å²) in [4.78, 5) is 0. The molecule has 0 aromatic rings.